The molecule has 1 fully saturated rings. The van der Waals surface area contributed by atoms with E-state index in [-0.39, 0.29) is 12.5 Å². The molecule has 1 N–H and O–H groups in total. The Morgan fingerprint density at radius 1 is 1.32 bits per heavy atom. The van der Waals surface area contributed by atoms with E-state index in [4.69, 9.17) is 4.74 Å². The molecule has 4 heteroatoms. The Labute approximate surface area is 114 Å². The van der Waals surface area contributed by atoms with Gasteiger partial charge < -0.3 is 15.0 Å². The van der Waals surface area contributed by atoms with Crippen molar-refractivity contribution in [2.24, 2.45) is 0 Å². The van der Waals surface area contributed by atoms with Crippen LogP contribution in [0.1, 0.15) is 19.8 Å². The van der Waals surface area contributed by atoms with Crippen LogP contribution in [-0.2, 0) is 4.79 Å². The number of carbonyl (C=O) groups excluding carboxylic acids is 1. The van der Waals surface area contributed by atoms with Crippen molar-refractivity contribution in [3.63, 3.8) is 0 Å². The number of rotatable bonds is 5. The predicted molar refractivity (Wildman–Crippen MR) is 75.2 cm³/mol. The second kappa shape index (κ2) is 7.14. The smallest absolute Gasteiger partial charge is 0.258 e. The fraction of sp³-hybridized carbons (Fsp3) is 0.533. The Bertz CT molecular complexity index is 386. The van der Waals surface area contributed by atoms with Crippen molar-refractivity contribution in [3.8, 4) is 5.75 Å². The van der Waals surface area contributed by atoms with Crippen LogP contribution in [0, 0.1) is 0 Å². The molecule has 1 aromatic carbocycles. The molecule has 1 aromatic rings. The molecule has 1 aliphatic heterocycles. The number of hydrogen-bond donors (Lipinski definition) is 1. The Hall–Kier alpha value is -1.55. The van der Waals surface area contributed by atoms with E-state index in [1.807, 2.05) is 30.3 Å². The van der Waals surface area contributed by atoms with Gasteiger partial charge in [0.15, 0.2) is 6.61 Å². The summed E-state index contributed by atoms with van der Waals surface area (Å²) in [7, 11) is 0. The second-order valence-corrected chi connectivity index (χ2v) is 4.88. The summed E-state index contributed by atoms with van der Waals surface area (Å²) in [5, 5.41) is 3.04. The van der Waals surface area contributed by atoms with Gasteiger partial charge in [-0.2, -0.15) is 0 Å². The summed E-state index contributed by atoms with van der Waals surface area (Å²) in [6.07, 6.45) is 2.07. The third-order valence-electron chi connectivity index (χ3n) is 3.51. The minimum absolute atomic E-state index is 0.0289. The molecule has 0 radical (unpaired) electrons. The van der Waals surface area contributed by atoms with Crippen LogP contribution in [0.15, 0.2) is 30.3 Å². The maximum absolute atomic E-state index is 11.8. The number of piperidine rings is 1. The lowest BCUT2D eigenvalue weighted by Crippen LogP contribution is -2.45. The first kappa shape index (κ1) is 13.9. The number of carbonyl (C=O) groups is 1. The zero-order chi connectivity index (χ0) is 13.5. The van der Waals surface area contributed by atoms with Gasteiger partial charge in [-0.3, -0.25) is 4.79 Å². The SMILES string of the molecule is CCN1CCC(NC(=O)COc2ccccc2)CC1. The van der Waals surface area contributed by atoms with Crippen LogP contribution >= 0.6 is 0 Å². The van der Waals surface area contributed by atoms with E-state index in [1.165, 1.54) is 0 Å². The zero-order valence-electron chi connectivity index (χ0n) is 11.5. The van der Waals surface area contributed by atoms with Crippen LogP contribution < -0.4 is 10.1 Å². The molecule has 0 spiro atoms. The Morgan fingerprint density at radius 2 is 2.00 bits per heavy atom. The number of nitrogens with one attached hydrogen (secondary N) is 1. The fourth-order valence-electron chi connectivity index (χ4n) is 2.33. The maximum Gasteiger partial charge on any atom is 0.258 e. The molecule has 19 heavy (non-hydrogen) atoms. The molecule has 4 nitrogen and oxygen atoms in total. The van der Waals surface area contributed by atoms with Crippen molar-refractivity contribution in [1.29, 1.82) is 0 Å². The lowest BCUT2D eigenvalue weighted by Gasteiger charge is -2.31. The number of hydrogen-bond acceptors (Lipinski definition) is 3. The molecule has 0 saturated carbocycles. The van der Waals surface area contributed by atoms with Crippen LogP contribution in [0.25, 0.3) is 0 Å². The van der Waals surface area contributed by atoms with E-state index in [0.29, 0.717) is 6.04 Å². The summed E-state index contributed by atoms with van der Waals surface area (Å²) in [6, 6.07) is 9.73. The highest BCUT2D eigenvalue weighted by atomic mass is 16.5. The lowest BCUT2D eigenvalue weighted by molar-refractivity contribution is -0.124. The molecule has 1 saturated heterocycles. The molecule has 2 rings (SSSR count). The Morgan fingerprint density at radius 3 is 2.63 bits per heavy atom. The standard InChI is InChI=1S/C15H22N2O2/c1-2-17-10-8-13(9-11-17)16-15(18)12-19-14-6-4-3-5-7-14/h3-7,13H,2,8-12H2,1H3,(H,16,18). The van der Waals surface area contributed by atoms with E-state index < -0.39 is 0 Å². The molecular formula is C15H22N2O2. The van der Waals surface area contributed by atoms with Crippen LogP contribution in [-0.4, -0.2) is 43.1 Å². The quantitative estimate of drug-likeness (QED) is 0.877. The van der Waals surface area contributed by atoms with Crippen LogP contribution in [0.5, 0.6) is 5.75 Å². The van der Waals surface area contributed by atoms with Crippen molar-refractivity contribution in [2.45, 2.75) is 25.8 Å². The molecule has 0 aromatic heterocycles. The van der Waals surface area contributed by atoms with E-state index in [0.717, 1.165) is 38.2 Å². The maximum atomic E-state index is 11.8. The van der Waals surface area contributed by atoms with Crippen molar-refractivity contribution in [2.75, 3.05) is 26.2 Å². The van der Waals surface area contributed by atoms with Gasteiger partial charge >= 0.3 is 0 Å². The van der Waals surface area contributed by atoms with Crippen molar-refractivity contribution in [3.05, 3.63) is 30.3 Å². The predicted octanol–water partition coefficient (Wildman–Crippen LogP) is 1.67. The van der Waals surface area contributed by atoms with Crippen molar-refractivity contribution in [1.82, 2.24) is 10.2 Å². The zero-order valence-corrected chi connectivity index (χ0v) is 11.5. The van der Waals surface area contributed by atoms with Gasteiger partial charge in [0.25, 0.3) is 5.91 Å². The molecule has 1 aliphatic rings. The molecule has 0 aliphatic carbocycles. The minimum atomic E-state index is -0.0289. The summed E-state index contributed by atoms with van der Waals surface area (Å²) in [4.78, 5) is 14.2. The van der Waals surface area contributed by atoms with Gasteiger partial charge in [-0.1, -0.05) is 25.1 Å². The van der Waals surface area contributed by atoms with Gasteiger partial charge in [0.1, 0.15) is 5.75 Å². The first-order chi connectivity index (χ1) is 9.28. The number of ether oxygens (including phenoxy) is 1. The first-order valence-electron chi connectivity index (χ1n) is 6.97. The van der Waals surface area contributed by atoms with E-state index in [2.05, 4.69) is 17.1 Å². The summed E-state index contributed by atoms with van der Waals surface area (Å²) < 4.78 is 5.43. The largest absolute Gasteiger partial charge is 0.484 e. The summed E-state index contributed by atoms with van der Waals surface area (Å²) in [5.74, 6) is 0.706. The molecule has 1 amide bonds. The van der Waals surface area contributed by atoms with Crippen molar-refractivity contribution >= 4 is 5.91 Å². The second-order valence-electron chi connectivity index (χ2n) is 4.88. The summed E-state index contributed by atoms with van der Waals surface area (Å²) in [6.45, 7) is 5.50. The molecule has 0 atom stereocenters. The van der Waals surface area contributed by atoms with Gasteiger partial charge in [0, 0.05) is 19.1 Å². The first-order valence-corrected chi connectivity index (χ1v) is 6.97. The number of para-hydroxylation sites is 1. The highest BCUT2D eigenvalue weighted by Gasteiger charge is 2.19. The van der Waals surface area contributed by atoms with Crippen LogP contribution in [0.2, 0.25) is 0 Å². The third kappa shape index (κ3) is 4.56. The van der Waals surface area contributed by atoms with Gasteiger partial charge in [-0.05, 0) is 31.5 Å². The van der Waals surface area contributed by atoms with E-state index in [1.54, 1.807) is 0 Å². The number of amides is 1. The minimum Gasteiger partial charge on any atom is -0.484 e. The van der Waals surface area contributed by atoms with Crippen LogP contribution in [0.3, 0.4) is 0 Å². The summed E-state index contributed by atoms with van der Waals surface area (Å²) in [5.41, 5.74) is 0. The Balaban J connectivity index is 1.67. The van der Waals surface area contributed by atoms with Gasteiger partial charge in [0.05, 0.1) is 0 Å². The average molecular weight is 262 g/mol. The van der Waals surface area contributed by atoms with Gasteiger partial charge in [0.2, 0.25) is 0 Å². The average Bonchev–Trinajstić information content (AvgIpc) is 2.47. The third-order valence-corrected chi connectivity index (χ3v) is 3.51. The lowest BCUT2D eigenvalue weighted by atomic mass is 10.1. The van der Waals surface area contributed by atoms with E-state index >= 15 is 0 Å². The van der Waals surface area contributed by atoms with E-state index in [9.17, 15) is 4.79 Å². The molecular weight excluding hydrogens is 240 g/mol. The fourth-order valence-corrected chi connectivity index (χ4v) is 2.33. The van der Waals surface area contributed by atoms with Gasteiger partial charge in [-0.25, -0.2) is 0 Å². The van der Waals surface area contributed by atoms with Gasteiger partial charge in [-0.15, -0.1) is 0 Å². The summed E-state index contributed by atoms with van der Waals surface area (Å²) >= 11 is 0. The topological polar surface area (TPSA) is 41.6 Å². The normalized spacial score (nSPS) is 17.1. The monoisotopic (exact) mass is 262 g/mol. The number of likely N-dealkylation sites (tertiary alicyclic amines) is 1. The molecule has 1 heterocycles. The highest BCUT2D eigenvalue weighted by molar-refractivity contribution is 5.77. The molecule has 0 unspecified atom stereocenters. The number of benzene rings is 1. The Kier molecular flexibility index (Phi) is 5.21. The number of nitrogens with zero attached hydrogens (tertiary/aromatic N) is 1. The van der Waals surface area contributed by atoms with Crippen molar-refractivity contribution < 1.29 is 9.53 Å². The van der Waals surface area contributed by atoms with Crippen LogP contribution in [0.4, 0.5) is 0 Å². The molecule has 0 bridgehead atoms. The highest BCUT2D eigenvalue weighted by Crippen LogP contribution is 2.10. The molecule has 104 valence electrons.